The first-order valence-electron chi connectivity index (χ1n) is 7.76. The van der Waals surface area contributed by atoms with E-state index in [0.717, 1.165) is 35.9 Å². The number of nitrogens with one attached hydrogen (secondary N) is 1. The summed E-state index contributed by atoms with van der Waals surface area (Å²) in [6, 6.07) is 5.59. The van der Waals surface area contributed by atoms with Crippen LogP contribution in [0.2, 0.25) is 5.02 Å². The molecule has 0 aliphatic carbocycles. The Labute approximate surface area is 135 Å². The molecule has 1 aliphatic heterocycles. The number of carbonyl (C=O) groups is 1. The number of fused-ring (bicyclic) bond motifs is 1. The van der Waals surface area contributed by atoms with Crippen molar-refractivity contribution in [3.8, 4) is 0 Å². The quantitative estimate of drug-likeness (QED) is 0.913. The zero-order chi connectivity index (χ0) is 15.7. The van der Waals surface area contributed by atoms with Crippen LogP contribution in [-0.4, -0.2) is 40.1 Å². The molecule has 118 valence electrons. The number of aromatic nitrogens is 1. The average Bonchev–Trinajstić information content (AvgIpc) is 2.89. The molecule has 1 fully saturated rings. The van der Waals surface area contributed by atoms with Crippen LogP contribution in [0.15, 0.2) is 24.4 Å². The molecule has 3 rings (SSSR count). The molecule has 22 heavy (non-hydrogen) atoms. The van der Waals surface area contributed by atoms with Crippen LogP contribution in [0.5, 0.6) is 0 Å². The fraction of sp³-hybridized carbons (Fsp3) is 0.471. The number of benzene rings is 1. The lowest BCUT2D eigenvalue weighted by atomic mass is 9.91. The number of likely N-dealkylation sites (tertiary alicyclic amines) is 1. The molecular weight excluding hydrogens is 300 g/mol. The number of nitrogens with zero attached hydrogens (tertiary/aromatic N) is 1. The lowest BCUT2D eigenvalue weighted by Gasteiger charge is -2.39. The number of piperidine rings is 1. The Morgan fingerprint density at radius 3 is 3.09 bits per heavy atom. The van der Waals surface area contributed by atoms with Gasteiger partial charge >= 0.3 is 0 Å². The first-order chi connectivity index (χ1) is 10.6. The Hall–Kier alpha value is -1.52. The van der Waals surface area contributed by atoms with Crippen molar-refractivity contribution < 1.29 is 9.90 Å². The van der Waals surface area contributed by atoms with Gasteiger partial charge in [-0.15, -0.1) is 0 Å². The summed E-state index contributed by atoms with van der Waals surface area (Å²) >= 11 is 5.99. The Kier molecular flexibility index (Phi) is 4.41. The average molecular weight is 321 g/mol. The number of aliphatic hydroxyl groups is 1. The van der Waals surface area contributed by atoms with Gasteiger partial charge in [0.2, 0.25) is 5.91 Å². The van der Waals surface area contributed by atoms with E-state index in [0.29, 0.717) is 17.4 Å². The SMILES string of the molecule is CC1CCCN(C(=O)Cc2c[nH]c3cc(Cl)ccc23)C1CO. The fourth-order valence-corrected chi connectivity index (χ4v) is 3.58. The second-order valence-electron chi connectivity index (χ2n) is 6.14. The molecule has 0 radical (unpaired) electrons. The zero-order valence-corrected chi connectivity index (χ0v) is 13.4. The van der Waals surface area contributed by atoms with Gasteiger partial charge in [-0.05, 0) is 36.5 Å². The summed E-state index contributed by atoms with van der Waals surface area (Å²) in [4.78, 5) is 17.7. The topological polar surface area (TPSA) is 56.3 Å². The number of aromatic amines is 1. The molecule has 1 amide bonds. The molecule has 5 heteroatoms. The lowest BCUT2D eigenvalue weighted by molar-refractivity contribution is -0.136. The molecule has 0 spiro atoms. The molecule has 4 nitrogen and oxygen atoms in total. The van der Waals surface area contributed by atoms with Gasteiger partial charge < -0.3 is 15.0 Å². The smallest absolute Gasteiger partial charge is 0.227 e. The number of hydrogen-bond acceptors (Lipinski definition) is 2. The van der Waals surface area contributed by atoms with Crippen LogP contribution in [0.1, 0.15) is 25.3 Å². The van der Waals surface area contributed by atoms with Crippen LogP contribution in [0.25, 0.3) is 10.9 Å². The third kappa shape index (κ3) is 2.85. The maximum absolute atomic E-state index is 12.7. The molecule has 0 bridgehead atoms. The van der Waals surface area contributed by atoms with E-state index in [1.165, 1.54) is 0 Å². The molecule has 1 aromatic carbocycles. The van der Waals surface area contributed by atoms with E-state index >= 15 is 0 Å². The zero-order valence-electron chi connectivity index (χ0n) is 12.7. The van der Waals surface area contributed by atoms with E-state index in [2.05, 4.69) is 11.9 Å². The van der Waals surface area contributed by atoms with Crippen LogP contribution < -0.4 is 0 Å². The minimum Gasteiger partial charge on any atom is -0.394 e. The number of hydrogen-bond donors (Lipinski definition) is 2. The Morgan fingerprint density at radius 1 is 1.50 bits per heavy atom. The largest absolute Gasteiger partial charge is 0.394 e. The summed E-state index contributed by atoms with van der Waals surface area (Å²) in [5, 5.41) is 11.3. The number of amides is 1. The van der Waals surface area contributed by atoms with Gasteiger partial charge in [-0.2, -0.15) is 0 Å². The van der Waals surface area contributed by atoms with Crippen molar-refractivity contribution in [2.45, 2.75) is 32.2 Å². The number of carbonyl (C=O) groups excluding carboxylic acids is 1. The molecule has 0 saturated carbocycles. The van der Waals surface area contributed by atoms with Gasteiger partial charge in [0.1, 0.15) is 0 Å². The normalized spacial score (nSPS) is 22.2. The highest BCUT2D eigenvalue weighted by Gasteiger charge is 2.31. The maximum Gasteiger partial charge on any atom is 0.227 e. The molecule has 1 aromatic heterocycles. The summed E-state index contributed by atoms with van der Waals surface area (Å²) in [5.74, 6) is 0.436. The fourth-order valence-electron chi connectivity index (χ4n) is 3.41. The highest BCUT2D eigenvalue weighted by atomic mass is 35.5. The standard InChI is InChI=1S/C17H21ClN2O2/c1-11-3-2-6-20(16(11)10-21)17(22)7-12-9-19-15-8-13(18)4-5-14(12)15/h4-5,8-9,11,16,19,21H,2-3,6-7,10H2,1H3. The Balaban J connectivity index is 1.80. The highest BCUT2D eigenvalue weighted by Crippen LogP contribution is 2.26. The molecule has 2 N–H and O–H groups in total. The van der Waals surface area contributed by atoms with Crippen molar-refractivity contribution >= 4 is 28.4 Å². The van der Waals surface area contributed by atoms with Crippen LogP contribution in [0, 0.1) is 5.92 Å². The molecule has 2 heterocycles. The molecular formula is C17H21ClN2O2. The number of halogens is 1. The van der Waals surface area contributed by atoms with Crippen LogP contribution in [0.4, 0.5) is 0 Å². The minimum atomic E-state index is -0.0547. The first-order valence-corrected chi connectivity index (χ1v) is 8.14. The van der Waals surface area contributed by atoms with Gasteiger partial charge in [-0.25, -0.2) is 0 Å². The summed E-state index contributed by atoms with van der Waals surface area (Å²) in [7, 11) is 0. The lowest BCUT2D eigenvalue weighted by Crippen LogP contribution is -2.50. The first kappa shape index (κ1) is 15.4. The third-order valence-electron chi connectivity index (χ3n) is 4.69. The number of H-pyrrole nitrogens is 1. The van der Waals surface area contributed by atoms with E-state index < -0.39 is 0 Å². The van der Waals surface area contributed by atoms with E-state index in [1.807, 2.05) is 29.3 Å². The van der Waals surface area contributed by atoms with Crippen LogP contribution >= 0.6 is 11.6 Å². The maximum atomic E-state index is 12.7. The number of aliphatic hydroxyl groups excluding tert-OH is 1. The highest BCUT2D eigenvalue weighted by molar-refractivity contribution is 6.31. The monoisotopic (exact) mass is 320 g/mol. The van der Waals surface area contributed by atoms with Crippen molar-refractivity contribution in [1.82, 2.24) is 9.88 Å². The van der Waals surface area contributed by atoms with Crippen molar-refractivity contribution in [3.63, 3.8) is 0 Å². The number of rotatable bonds is 3. The Morgan fingerprint density at radius 2 is 2.32 bits per heavy atom. The van der Waals surface area contributed by atoms with Gasteiger partial charge in [0.25, 0.3) is 0 Å². The van der Waals surface area contributed by atoms with Crippen LogP contribution in [-0.2, 0) is 11.2 Å². The minimum absolute atomic E-state index is 0.0381. The van der Waals surface area contributed by atoms with Gasteiger partial charge in [-0.1, -0.05) is 24.6 Å². The predicted octanol–water partition coefficient (Wildman–Crippen LogP) is 2.98. The third-order valence-corrected chi connectivity index (χ3v) is 4.93. The second-order valence-corrected chi connectivity index (χ2v) is 6.57. The summed E-state index contributed by atoms with van der Waals surface area (Å²) < 4.78 is 0. The van der Waals surface area contributed by atoms with E-state index in [-0.39, 0.29) is 18.6 Å². The summed E-state index contributed by atoms with van der Waals surface area (Å²) in [6.45, 7) is 2.88. The van der Waals surface area contributed by atoms with Crippen molar-refractivity contribution in [1.29, 1.82) is 0 Å². The van der Waals surface area contributed by atoms with Gasteiger partial charge in [0, 0.05) is 28.7 Å². The molecule has 2 unspecified atom stereocenters. The second kappa shape index (κ2) is 6.31. The molecule has 1 saturated heterocycles. The van der Waals surface area contributed by atoms with Gasteiger partial charge in [0.15, 0.2) is 0 Å². The molecule has 2 atom stereocenters. The van der Waals surface area contributed by atoms with Crippen molar-refractivity contribution in [2.75, 3.05) is 13.2 Å². The Bertz CT molecular complexity index is 682. The van der Waals surface area contributed by atoms with E-state index in [9.17, 15) is 9.90 Å². The molecule has 1 aliphatic rings. The van der Waals surface area contributed by atoms with E-state index in [4.69, 9.17) is 11.6 Å². The summed E-state index contributed by atoms with van der Waals surface area (Å²) in [6.07, 6.45) is 4.30. The van der Waals surface area contributed by atoms with Gasteiger partial charge in [0.05, 0.1) is 19.1 Å². The van der Waals surface area contributed by atoms with Crippen LogP contribution in [0.3, 0.4) is 0 Å². The predicted molar refractivity (Wildman–Crippen MR) is 88.0 cm³/mol. The van der Waals surface area contributed by atoms with Crippen molar-refractivity contribution in [3.05, 3.63) is 35.0 Å². The van der Waals surface area contributed by atoms with Crippen molar-refractivity contribution in [2.24, 2.45) is 5.92 Å². The van der Waals surface area contributed by atoms with E-state index in [1.54, 1.807) is 0 Å². The summed E-state index contributed by atoms with van der Waals surface area (Å²) in [5.41, 5.74) is 1.92. The van der Waals surface area contributed by atoms with Gasteiger partial charge in [-0.3, -0.25) is 4.79 Å². The molecule has 2 aromatic rings.